The van der Waals surface area contributed by atoms with Crippen LogP contribution in [0.25, 0.3) is 0 Å². The molecule has 0 unspecified atom stereocenters. The quantitative estimate of drug-likeness (QED) is 0.921. The van der Waals surface area contributed by atoms with Gasteiger partial charge in [-0.2, -0.15) is 0 Å². The van der Waals surface area contributed by atoms with Crippen LogP contribution in [0.15, 0.2) is 17.0 Å². The highest BCUT2D eigenvalue weighted by molar-refractivity contribution is 7.89. The van der Waals surface area contributed by atoms with E-state index in [1.165, 1.54) is 6.07 Å². The van der Waals surface area contributed by atoms with Crippen molar-refractivity contribution in [2.24, 2.45) is 0 Å². The summed E-state index contributed by atoms with van der Waals surface area (Å²) in [5, 5.41) is 0.341. The van der Waals surface area contributed by atoms with Crippen LogP contribution in [0.2, 0.25) is 5.02 Å². The summed E-state index contributed by atoms with van der Waals surface area (Å²) in [4.78, 5) is 0.183. The first-order chi connectivity index (χ1) is 9.87. The molecule has 0 amide bonds. The first-order valence-corrected chi connectivity index (χ1v) is 8.86. The van der Waals surface area contributed by atoms with E-state index in [0.717, 1.165) is 5.56 Å². The highest BCUT2D eigenvalue weighted by atomic mass is 35.5. The number of fused-ring (bicyclic) bond motifs is 1. The first kappa shape index (κ1) is 15.1. The molecule has 1 aromatic rings. The number of hydrogen-bond acceptors (Lipinski definition) is 4. The minimum absolute atomic E-state index is 0.0201. The number of hydrogen-bond donors (Lipinski definition) is 1. The Morgan fingerprint density at radius 2 is 2.10 bits per heavy atom. The van der Waals surface area contributed by atoms with Crippen molar-refractivity contribution in [3.63, 3.8) is 0 Å². The van der Waals surface area contributed by atoms with E-state index in [1.54, 1.807) is 6.07 Å². The van der Waals surface area contributed by atoms with E-state index < -0.39 is 10.0 Å². The number of ether oxygens (including phenoxy) is 2. The van der Waals surface area contributed by atoms with E-state index in [9.17, 15) is 8.42 Å². The molecule has 2 aliphatic rings. The zero-order chi connectivity index (χ0) is 15.2. The van der Waals surface area contributed by atoms with Gasteiger partial charge in [0.25, 0.3) is 0 Å². The smallest absolute Gasteiger partial charge is 0.240 e. The van der Waals surface area contributed by atoms with E-state index in [-0.39, 0.29) is 23.1 Å². The summed E-state index contributed by atoms with van der Waals surface area (Å²) >= 11 is 6.15. The molecule has 116 valence electrons. The molecule has 0 saturated carbocycles. The lowest BCUT2D eigenvalue weighted by molar-refractivity contribution is 0.117. The molecule has 0 spiro atoms. The van der Waals surface area contributed by atoms with Gasteiger partial charge in [-0.25, -0.2) is 13.1 Å². The fraction of sp³-hybridized carbons (Fsp3) is 0.571. The predicted octanol–water partition coefficient (Wildman–Crippen LogP) is 2.12. The van der Waals surface area contributed by atoms with E-state index in [0.29, 0.717) is 30.2 Å². The van der Waals surface area contributed by atoms with Crippen molar-refractivity contribution < 1.29 is 17.9 Å². The van der Waals surface area contributed by atoms with Crippen LogP contribution >= 0.6 is 11.6 Å². The predicted molar refractivity (Wildman–Crippen MR) is 79.4 cm³/mol. The standard InChI is InChI=1S/C14H18ClNO4S/c1-8-5-10-6-11(7-12(15)14(10)20-8)21(17,18)16-13-3-4-19-9(13)2/h6-9,13,16H,3-5H2,1-2H3/t8-,9+,13+/m1/s1. The lowest BCUT2D eigenvalue weighted by Crippen LogP contribution is -2.39. The van der Waals surface area contributed by atoms with Gasteiger partial charge in [0.15, 0.2) is 0 Å². The summed E-state index contributed by atoms with van der Waals surface area (Å²) in [6.45, 7) is 4.37. The highest BCUT2D eigenvalue weighted by Gasteiger charge is 2.31. The summed E-state index contributed by atoms with van der Waals surface area (Å²) in [6.07, 6.45) is 1.25. The number of rotatable bonds is 3. The number of nitrogens with one attached hydrogen (secondary N) is 1. The number of sulfonamides is 1. The molecule has 0 aromatic heterocycles. The van der Waals surface area contributed by atoms with Crippen LogP contribution in [0.3, 0.4) is 0 Å². The van der Waals surface area contributed by atoms with Gasteiger partial charge >= 0.3 is 0 Å². The van der Waals surface area contributed by atoms with Gasteiger partial charge < -0.3 is 9.47 Å². The largest absolute Gasteiger partial charge is 0.489 e. The Bertz CT molecular complexity index is 661. The zero-order valence-electron chi connectivity index (χ0n) is 11.9. The molecule has 3 rings (SSSR count). The average molecular weight is 332 g/mol. The van der Waals surface area contributed by atoms with Gasteiger partial charge in [0, 0.05) is 18.6 Å². The normalized spacial score (nSPS) is 28.4. The van der Waals surface area contributed by atoms with E-state index in [2.05, 4.69) is 4.72 Å². The molecule has 7 heteroatoms. The molecule has 1 N–H and O–H groups in total. The van der Waals surface area contributed by atoms with Crippen molar-refractivity contribution in [3.8, 4) is 5.75 Å². The second kappa shape index (κ2) is 5.43. The SMILES string of the molecule is C[C@@H]1Cc2cc(S(=O)(=O)N[C@H]3CCO[C@H]3C)cc(Cl)c2O1. The fourth-order valence-corrected chi connectivity index (χ4v) is 4.53. The molecule has 1 saturated heterocycles. The maximum atomic E-state index is 12.5. The molecule has 1 aromatic carbocycles. The first-order valence-electron chi connectivity index (χ1n) is 7.00. The number of halogens is 1. The van der Waals surface area contributed by atoms with Crippen LogP contribution in [0.4, 0.5) is 0 Å². The maximum Gasteiger partial charge on any atom is 0.240 e. The molecule has 1 fully saturated rings. The molecule has 2 aliphatic heterocycles. The summed E-state index contributed by atoms with van der Waals surface area (Å²) in [5.41, 5.74) is 0.839. The molecule has 5 nitrogen and oxygen atoms in total. The van der Waals surface area contributed by atoms with Gasteiger partial charge in [0.05, 0.1) is 22.1 Å². The van der Waals surface area contributed by atoms with Crippen molar-refractivity contribution in [1.29, 1.82) is 0 Å². The van der Waals surface area contributed by atoms with Crippen molar-refractivity contribution >= 4 is 21.6 Å². The zero-order valence-corrected chi connectivity index (χ0v) is 13.5. The Balaban J connectivity index is 1.89. The molecular formula is C14H18ClNO4S. The Kier molecular flexibility index (Phi) is 3.90. The molecular weight excluding hydrogens is 314 g/mol. The van der Waals surface area contributed by atoms with Gasteiger partial charge in [-0.05, 0) is 32.4 Å². The van der Waals surface area contributed by atoms with E-state index in [4.69, 9.17) is 21.1 Å². The second-order valence-corrected chi connectivity index (χ2v) is 7.74. The lowest BCUT2D eigenvalue weighted by Gasteiger charge is -2.16. The van der Waals surface area contributed by atoms with Crippen LogP contribution in [-0.2, 0) is 21.2 Å². The Hall–Kier alpha value is -0.820. The highest BCUT2D eigenvalue weighted by Crippen LogP contribution is 2.38. The van der Waals surface area contributed by atoms with E-state index in [1.807, 2.05) is 13.8 Å². The van der Waals surface area contributed by atoms with Gasteiger partial charge in [0.1, 0.15) is 11.9 Å². The summed E-state index contributed by atoms with van der Waals surface area (Å²) in [5.74, 6) is 0.598. The molecule has 0 bridgehead atoms. The summed E-state index contributed by atoms with van der Waals surface area (Å²) in [7, 11) is -3.61. The Morgan fingerprint density at radius 3 is 2.76 bits per heavy atom. The molecule has 0 radical (unpaired) electrons. The van der Waals surface area contributed by atoms with Crippen LogP contribution < -0.4 is 9.46 Å². The third-order valence-electron chi connectivity index (χ3n) is 3.91. The Labute approximate surface area is 129 Å². The van der Waals surface area contributed by atoms with Gasteiger partial charge in [-0.1, -0.05) is 11.6 Å². The average Bonchev–Trinajstić information content (AvgIpc) is 2.95. The van der Waals surface area contributed by atoms with Crippen molar-refractivity contribution in [3.05, 3.63) is 22.7 Å². The van der Waals surface area contributed by atoms with Crippen LogP contribution in [-0.4, -0.2) is 33.3 Å². The minimum atomic E-state index is -3.61. The monoisotopic (exact) mass is 331 g/mol. The van der Waals surface area contributed by atoms with Crippen molar-refractivity contribution in [2.75, 3.05) is 6.61 Å². The van der Waals surface area contributed by atoms with E-state index >= 15 is 0 Å². The van der Waals surface area contributed by atoms with Gasteiger partial charge in [0.2, 0.25) is 10.0 Å². The molecule has 2 heterocycles. The van der Waals surface area contributed by atoms with Crippen LogP contribution in [0.5, 0.6) is 5.75 Å². The third kappa shape index (κ3) is 2.90. The molecule has 0 aliphatic carbocycles. The lowest BCUT2D eigenvalue weighted by atomic mass is 10.1. The van der Waals surface area contributed by atoms with Crippen molar-refractivity contribution in [2.45, 2.75) is 49.8 Å². The summed E-state index contributed by atoms with van der Waals surface area (Å²) in [6, 6.07) is 2.89. The number of benzene rings is 1. The van der Waals surface area contributed by atoms with Crippen molar-refractivity contribution in [1.82, 2.24) is 4.72 Å². The van der Waals surface area contributed by atoms with Crippen LogP contribution in [0, 0.1) is 0 Å². The molecule has 21 heavy (non-hydrogen) atoms. The third-order valence-corrected chi connectivity index (χ3v) is 5.66. The topological polar surface area (TPSA) is 64.6 Å². The van der Waals surface area contributed by atoms with Gasteiger partial charge in [-0.15, -0.1) is 0 Å². The fourth-order valence-electron chi connectivity index (χ4n) is 2.77. The van der Waals surface area contributed by atoms with Crippen LogP contribution in [0.1, 0.15) is 25.8 Å². The maximum absolute atomic E-state index is 12.5. The minimum Gasteiger partial charge on any atom is -0.489 e. The Morgan fingerprint density at radius 1 is 1.33 bits per heavy atom. The molecule has 3 atom stereocenters. The van der Waals surface area contributed by atoms with Gasteiger partial charge in [-0.3, -0.25) is 0 Å². The summed E-state index contributed by atoms with van der Waals surface area (Å²) < 4.78 is 38.7. The second-order valence-electron chi connectivity index (χ2n) is 5.62.